The van der Waals surface area contributed by atoms with Gasteiger partial charge < -0.3 is 15.4 Å². The molecule has 2 rings (SSSR count). The Labute approximate surface area is 167 Å². The van der Waals surface area contributed by atoms with Crippen molar-refractivity contribution < 1.29 is 14.3 Å². The van der Waals surface area contributed by atoms with Gasteiger partial charge in [0, 0.05) is 5.69 Å². The standard InChI is InChI=1S/C23H30N2O3/c1-15-11-16(2)22(17(3)12-15)25-20(26)13-24-21(27)14-28-19-9-7-18(8-10-19)23(4,5)6/h7-12H,13-14H2,1-6H3,(H,24,27)(H,25,26). The van der Waals surface area contributed by atoms with Crippen molar-refractivity contribution >= 4 is 17.5 Å². The summed E-state index contributed by atoms with van der Waals surface area (Å²) in [6.07, 6.45) is 0. The van der Waals surface area contributed by atoms with E-state index in [9.17, 15) is 9.59 Å². The van der Waals surface area contributed by atoms with Crippen molar-refractivity contribution in [2.75, 3.05) is 18.5 Å². The molecule has 0 heterocycles. The van der Waals surface area contributed by atoms with E-state index in [1.54, 1.807) is 0 Å². The lowest BCUT2D eigenvalue weighted by Crippen LogP contribution is -2.36. The van der Waals surface area contributed by atoms with E-state index in [4.69, 9.17) is 4.74 Å². The minimum absolute atomic E-state index is 0.0669. The highest BCUT2D eigenvalue weighted by molar-refractivity contribution is 5.95. The van der Waals surface area contributed by atoms with E-state index in [1.807, 2.05) is 57.2 Å². The first-order valence-electron chi connectivity index (χ1n) is 9.44. The molecule has 5 heteroatoms. The Morgan fingerprint density at radius 2 is 1.50 bits per heavy atom. The summed E-state index contributed by atoms with van der Waals surface area (Å²) in [5.41, 5.74) is 5.20. The molecule has 0 aromatic heterocycles. The predicted molar refractivity (Wildman–Crippen MR) is 113 cm³/mol. The van der Waals surface area contributed by atoms with Gasteiger partial charge in [0.2, 0.25) is 5.91 Å². The van der Waals surface area contributed by atoms with Crippen molar-refractivity contribution in [1.82, 2.24) is 5.32 Å². The van der Waals surface area contributed by atoms with Crippen LogP contribution in [-0.4, -0.2) is 25.0 Å². The van der Waals surface area contributed by atoms with Gasteiger partial charge in [-0.1, -0.05) is 50.6 Å². The Bertz CT molecular complexity index is 826. The summed E-state index contributed by atoms with van der Waals surface area (Å²) in [6.45, 7) is 12.1. The van der Waals surface area contributed by atoms with Gasteiger partial charge in [-0.3, -0.25) is 9.59 Å². The molecule has 0 aliphatic heterocycles. The molecule has 0 radical (unpaired) electrons. The number of hydrogen-bond donors (Lipinski definition) is 2. The Morgan fingerprint density at radius 3 is 2.04 bits per heavy atom. The van der Waals surface area contributed by atoms with Crippen molar-refractivity contribution in [3.63, 3.8) is 0 Å². The fraction of sp³-hybridized carbons (Fsp3) is 0.391. The number of carbonyl (C=O) groups is 2. The molecule has 0 unspecified atom stereocenters. The van der Waals surface area contributed by atoms with Crippen molar-refractivity contribution in [3.8, 4) is 5.75 Å². The molecular weight excluding hydrogens is 352 g/mol. The normalized spacial score (nSPS) is 11.1. The third-order valence-corrected chi connectivity index (χ3v) is 4.48. The number of hydrogen-bond acceptors (Lipinski definition) is 3. The molecule has 0 aliphatic rings. The van der Waals surface area contributed by atoms with E-state index in [1.165, 1.54) is 5.56 Å². The summed E-state index contributed by atoms with van der Waals surface area (Å²) in [4.78, 5) is 24.1. The first kappa shape index (κ1) is 21.5. The topological polar surface area (TPSA) is 67.4 Å². The zero-order chi connectivity index (χ0) is 20.9. The van der Waals surface area contributed by atoms with Gasteiger partial charge >= 0.3 is 0 Å². The minimum Gasteiger partial charge on any atom is -0.484 e. The zero-order valence-electron chi connectivity index (χ0n) is 17.6. The summed E-state index contributed by atoms with van der Waals surface area (Å²) in [6, 6.07) is 11.7. The quantitative estimate of drug-likeness (QED) is 0.792. The average Bonchev–Trinajstić information content (AvgIpc) is 2.60. The number of amides is 2. The van der Waals surface area contributed by atoms with Crippen molar-refractivity contribution in [1.29, 1.82) is 0 Å². The molecular formula is C23H30N2O3. The molecule has 0 bridgehead atoms. The maximum atomic E-state index is 12.1. The summed E-state index contributed by atoms with van der Waals surface area (Å²) < 4.78 is 5.49. The Kier molecular flexibility index (Phi) is 6.84. The van der Waals surface area contributed by atoms with Gasteiger partial charge in [-0.15, -0.1) is 0 Å². The van der Waals surface area contributed by atoms with Crippen LogP contribution in [-0.2, 0) is 15.0 Å². The molecule has 150 valence electrons. The van der Waals surface area contributed by atoms with E-state index in [2.05, 4.69) is 31.4 Å². The summed E-state index contributed by atoms with van der Waals surface area (Å²) in [5.74, 6) is 0.0174. The lowest BCUT2D eigenvalue weighted by molar-refractivity contribution is -0.125. The molecule has 0 aliphatic carbocycles. The number of nitrogens with one attached hydrogen (secondary N) is 2. The van der Waals surface area contributed by atoms with Crippen LogP contribution < -0.4 is 15.4 Å². The van der Waals surface area contributed by atoms with E-state index in [0.29, 0.717) is 5.75 Å². The molecule has 0 spiro atoms. The summed E-state index contributed by atoms with van der Waals surface area (Å²) in [7, 11) is 0. The van der Waals surface area contributed by atoms with Gasteiger partial charge in [-0.25, -0.2) is 0 Å². The molecule has 28 heavy (non-hydrogen) atoms. The van der Waals surface area contributed by atoms with Crippen molar-refractivity contribution in [3.05, 3.63) is 58.7 Å². The first-order chi connectivity index (χ1) is 13.1. The monoisotopic (exact) mass is 382 g/mol. The molecule has 2 amide bonds. The molecule has 0 fully saturated rings. The van der Waals surface area contributed by atoms with Gasteiger partial charge in [0.25, 0.3) is 5.91 Å². The van der Waals surface area contributed by atoms with E-state index >= 15 is 0 Å². The highest BCUT2D eigenvalue weighted by Gasteiger charge is 2.13. The highest BCUT2D eigenvalue weighted by Crippen LogP contribution is 2.24. The second-order valence-corrected chi connectivity index (χ2v) is 8.16. The highest BCUT2D eigenvalue weighted by atomic mass is 16.5. The van der Waals surface area contributed by atoms with E-state index in [-0.39, 0.29) is 30.4 Å². The predicted octanol–water partition coefficient (Wildman–Crippen LogP) is 4.04. The molecule has 2 N–H and O–H groups in total. The van der Waals surface area contributed by atoms with E-state index < -0.39 is 0 Å². The molecule has 5 nitrogen and oxygen atoms in total. The lowest BCUT2D eigenvalue weighted by atomic mass is 9.87. The van der Waals surface area contributed by atoms with E-state index in [0.717, 1.165) is 22.4 Å². The van der Waals surface area contributed by atoms with Crippen LogP contribution in [0.4, 0.5) is 5.69 Å². The maximum Gasteiger partial charge on any atom is 0.258 e. The Morgan fingerprint density at radius 1 is 0.929 bits per heavy atom. The number of ether oxygens (including phenoxy) is 1. The number of benzene rings is 2. The number of carbonyl (C=O) groups excluding carboxylic acids is 2. The summed E-state index contributed by atoms with van der Waals surface area (Å²) >= 11 is 0. The Balaban J connectivity index is 1.80. The largest absolute Gasteiger partial charge is 0.484 e. The molecule has 0 saturated heterocycles. The number of aryl methyl sites for hydroxylation is 3. The van der Waals surface area contributed by atoms with Crippen LogP contribution in [0.25, 0.3) is 0 Å². The van der Waals surface area contributed by atoms with Gasteiger partial charge in [0.05, 0.1) is 6.54 Å². The molecule has 0 atom stereocenters. The minimum atomic E-state index is -0.340. The maximum absolute atomic E-state index is 12.1. The summed E-state index contributed by atoms with van der Waals surface area (Å²) in [5, 5.41) is 5.44. The first-order valence-corrected chi connectivity index (χ1v) is 9.44. The Hall–Kier alpha value is -2.82. The second kappa shape index (κ2) is 8.91. The SMILES string of the molecule is Cc1cc(C)c(NC(=O)CNC(=O)COc2ccc(C(C)(C)C)cc2)c(C)c1. The molecule has 2 aromatic carbocycles. The number of anilines is 1. The van der Waals surface area contributed by atoms with Crippen LogP contribution >= 0.6 is 0 Å². The zero-order valence-corrected chi connectivity index (χ0v) is 17.6. The van der Waals surface area contributed by atoms with Crippen LogP contribution in [0.1, 0.15) is 43.0 Å². The smallest absolute Gasteiger partial charge is 0.258 e. The average molecular weight is 383 g/mol. The van der Waals surface area contributed by atoms with Gasteiger partial charge in [-0.2, -0.15) is 0 Å². The third kappa shape index (κ3) is 6.12. The third-order valence-electron chi connectivity index (χ3n) is 4.48. The van der Waals surface area contributed by atoms with Gasteiger partial charge in [-0.05, 0) is 55.0 Å². The van der Waals surface area contributed by atoms with Crippen LogP contribution in [0.5, 0.6) is 5.75 Å². The van der Waals surface area contributed by atoms with Crippen LogP contribution in [0.3, 0.4) is 0 Å². The molecule has 2 aromatic rings. The van der Waals surface area contributed by atoms with Crippen LogP contribution in [0.15, 0.2) is 36.4 Å². The number of rotatable bonds is 6. The van der Waals surface area contributed by atoms with Crippen molar-refractivity contribution in [2.45, 2.75) is 47.0 Å². The lowest BCUT2D eigenvalue weighted by Gasteiger charge is -2.19. The molecule has 0 saturated carbocycles. The fourth-order valence-corrected chi connectivity index (χ4v) is 2.99. The van der Waals surface area contributed by atoms with Crippen LogP contribution in [0.2, 0.25) is 0 Å². The second-order valence-electron chi connectivity index (χ2n) is 8.16. The van der Waals surface area contributed by atoms with Crippen molar-refractivity contribution in [2.24, 2.45) is 0 Å². The van der Waals surface area contributed by atoms with Crippen LogP contribution in [0, 0.1) is 20.8 Å². The van der Waals surface area contributed by atoms with Gasteiger partial charge in [0.1, 0.15) is 5.75 Å². The van der Waals surface area contributed by atoms with Gasteiger partial charge in [0.15, 0.2) is 6.61 Å². The fourth-order valence-electron chi connectivity index (χ4n) is 2.99.